The van der Waals surface area contributed by atoms with Gasteiger partial charge in [-0.1, -0.05) is 35.9 Å². The lowest BCUT2D eigenvalue weighted by Crippen LogP contribution is -2.47. The topological polar surface area (TPSA) is 57.2 Å². The summed E-state index contributed by atoms with van der Waals surface area (Å²) in [5.74, 6) is 2.68. The van der Waals surface area contributed by atoms with Gasteiger partial charge in [0.05, 0.1) is 0 Å². The van der Waals surface area contributed by atoms with Crippen LogP contribution in [0.15, 0.2) is 60.9 Å². The zero-order chi connectivity index (χ0) is 18.5. The molecule has 3 aromatic rings. The maximum absolute atomic E-state index is 4.70. The van der Waals surface area contributed by atoms with Crippen LogP contribution in [-0.4, -0.2) is 41.1 Å². The molecule has 1 fully saturated rings. The summed E-state index contributed by atoms with van der Waals surface area (Å²) in [4.78, 5) is 18.1. The van der Waals surface area contributed by atoms with Gasteiger partial charge < -0.3 is 15.1 Å². The molecule has 0 amide bonds. The van der Waals surface area contributed by atoms with Gasteiger partial charge in [0.15, 0.2) is 0 Å². The van der Waals surface area contributed by atoms with Crippen molar-refractivity contribution in [3.63, 3.8) is 0 Å². The number of nitrogens with one attached hydrogen (secondary N) is 1. The molecule has 27 heavy (non-hydrogen) atoms. The fourth-order valence-corrected chi connectivity index (χ4v) is 3.20. The Balaban J connectivity index is 1.36. The molecular weight excluding hydrogens is 336 g/mol. The Hall–Kier alpha value is -3.15. The lowest BCUT2D eigenvalue weighted by Gasteiger charge is -2.36. The first-order valence-electron chi connectivity index (χ1n) is 9.31. The molecule has 1 aromatic carbocycles. The highest BCUT2D eigenvalue weighted by atomic mass is 15.3. The second-order valence-electron chi connectivity index (χ2n) is 6.74. The maximum Gasteiger partial charge on any atom is 0.224 e. The average Bonchev–Trinajstić information content (AvgIpc) is 2.74. The highest BCUT2D eigenvalue weighted by Gasteiger charge is 2.19. The first-order chi connectivity index (χ1) is 13.3. The summed E-state index contributed by atoms with van der Waals surface area (Å²) in [7, 11) is 0. The van der Waals surface area contributed by atoms with E-state index in [4.69, 9.17) is 4.98 Å². The molecule has 6 nitrogen and oxygen atoms in total. The molecular formula is C21H24N6. The molecule has 0 radical (unpaired) electrons. The van der Waals surface area contributed by atoms with Crippen molar-refractivity contribution in [3.8, 4) is 0 Å². The molecule has 1 saturated heterocycles. The van der Waals surface area contributed by atoms with Gasteiger partial charge in [0.25, 0.3) is 0 Å². The number of aromatic nitrogens is 3. The van der Waals surface area contributed by atoms with E-state index < -0.39 is 0 Å². The Labute approximate surface area is 159 Å². The van der Waals surface area contributed by atoms with Crippen LogP contribution in [0.1, 0.15) is 11.1 Å². The van der Waals surface area contributed by atoms with E-state index in [9.17, 15) is 0 Å². The van der Waals surface area contributed by atoms with Crippen LogP contribution in [-0.2, 0) is 6.54 Å². The van der Waals surface area contributed by atoms with Gasteiger partial charge in [0.1, 0.15) is 11.6 Å². The van der Waals surface area contributed by atoms with Crippen LogP contribution in [0.3, 0.4) is 0 Å². The quantitative estimate of drug-likeness (QED) is 0.754. The van der Waals surface area contributed by atoms with E-state index >= 15 is 0 Å². The van der Waals surface area contributed by atoms with Gasteiger partial charge in [-0.05, 0) is 30.7 Å². The van der Waals surface area contributed by atoms with E-state index in [-0.39, 0.29) is 0 Å². The summed E-state index contributed by atoms with van der Waals surface area (Å²) in [5.41, 5.74) is 2.49. The third-order valence-corrected chi connectivity index (χ3v) is 4.79. The number of aryl methyl sites for hydroxylation is 1. The highest BCUT2D eigenvalue weighted by Crippen LogP contribution is 2.18. The van der Waals surface area contributed by atoms with Crippen LogP contribution in [0, 0.1) is 6.92 Å². The van der Waals surface area contributed by atoms with Gasteiger partial charge in [0, 0.05) is 45.1 Å². The number of pyridine rings is 1. The smallest absolute Gasteiger partial charge is 0.224 e. The highest BCUT2D eigenvalue weighted by molar-refractivity contribution is 5.46. The second-order valence-corrected chi connectivity index (χ2v) is 6.74. The van der Waals surface area contributed by atoms with Gasteiger partial charge in [-0.25, -0.2) is 9.97 Å². The molecule has 1 aliphatic rings. The molecule has 0 spiro atoms. The zero-order valence-corrected chi connectivity index (χ0v) is 15.5. The van der Waals surface area contributed by atoms with Crippen molar-refractivity contribution in [1.82, 2.24) is 15.0 Å². The molecule has 0 bridgehead atoms. The lowest BCUT2D eigenvalue weighted by molar-refractivity contribution is 0.641. The Morgan fingerprint density at radius 1 is 0.815 bits per heavy atom. The summed E-state index contributed by atoms with van der Waals surface area (Å²) in [6.07, 6.45) is 3.67. The molecule has 0 saturated carbocycles. The number of piperazine rings is 1. The van der Waals surface area contributed by atoms with Crippen LogP contribution < -0.4 is 15.1 Å². The molecule has 3 heterocycles. The zero-order valence-electron chi connectivity index (χ0n) is 15.5. The summed E-state index contributed by atoms with van der Waals surface area (Å²) in [5, 5.41) is 3.33. The SMILES string of the molecule is Cc1ccc(CNc2nccc(N3CCN(c4ccccn4)CC3)n2)cc1. The fourth-order valence-electron chi connectivity index (χ4n) is 3.20. The molecule has 4 rings (SSSR count). The first kappa shape index (κ1) is 17.3. The number of hydrogen-bond donors (Lipinski definition) is 1. The summed E-state index contributed by atoms with van der Waals surface area (Å²) < 4.78 is 0. The fraction of sp³-hybridized carbons (Fsp3) is 0.286. The van der Waals surface area contributed by atoms with Gasteiger partial charge in [-0.2, -0.15) is 4.98 Å². The molecule has 1 N–H and O–H groups in total. The number of hydrogen-bond acceptors (Lipinski definition) is 6. The van der Waals surface area contributed by atoms with Gasteiger partial charge in [0.2, 0.25) is 5.95 Å². The van der Waals surface area contributed by atoms with Crippen molar-refractivity contribution in [3.05, 3.63) is 72.1 Å². The standard InChI is InChI=1S/C21H24N6/c1-17-5-7-18(8-6-17)16-24-21-23-11-9-20(25-21)27-14-12-26(13-15-27)19-4-2-3-10-22-19/h2-11H,12-16H2,1H3,(H,23,24,25). The van der Waals surface area contributed by atoms with Crippen molar-refractivity contribution in [2.75, 3.05) is 41.3 Å². The Kier molecular flexibility index (Phi) is 5.14. The van der Waals surface area contributed by atoms with E-state index in [1.165, 1.54) is 11.1 Å². The largest absolute Gasteiger partial charge is 0.353 e. The average molecular weight is 360 g/mol. The summed E-state index contributed by atoms with van der Waals surface area (Å²) in [6.45, 7) is 6.53. The summed E-state index contributed by atoms with van der Waals surface area (Å²) >= 11 is 0. The van der Waals surface area contributed by atoms with Crippen LogP contribution in [0.5, 0.6) is 0 Å². The van der Waals surface area contributed by atoms with E-state index in [0.717, 1.165) is 44.4 Å². The van der Waals surface area contributed by atoms with Crippen LogP contribution in [0.2, 0.25) is 0 Å². The first-order valence-corrected chi connectivity index (χ1v) is 9.31. The third-order valence-electron chi connectivity index (χ3n) is 4.79. The number of rotatable bonds is 5. The minimum atomic E-state index is 0.667. The Morgan fingerprint density at radius 3 is 2.26 bits per heavy atom. The third kappa shape index (κ3) is 4.34. The molecule has 138 valence electrons. The molecule has 0 unspecified atom stereocenters. The Bertz CT molecular complexity index is 857. The van der Waals surface area contributed by atoms with Crippen molar-refractivity contribution < 1.29 is 0 Å². The number of nitrogens with zero attached hydrogens (tertiary/aromatic N) is 5. The van der Waals surface area contributed by atoms with Crippen molar-refractivity contribution in [2.45, 2.75) is 13.5 Å². The predicted octanol–water partition coefficient (Wildman–Crippen LogP) is 3.12. The van der Waals surface area contributed by atoms with E-state index in [1.807, 2.05) is 30.6 Å². The maximum atomic E-state index is 4.70. The number of anilines is 3. The lowest BCUT2D eigenvalue weighted by atomic mass is 10.1. The second kappa shape index (κ2) is 8.03. The molecule has 0 atom stereocenters. The van der Waals surface area contributed by atoms with Gasteiger partial charge in [-0.3, -0.25) is 0 Å². The molecule has 2 aromatic heterocycles. The summed E-state index contributed by atoms with van der Waals surface area (Å²) in [6, 6.07) is 16.5. The monoisotopic (exact) mass is 360 g/mol. The van der Waals surface area contributed by atoms with E-state index in [0.29, 0.717) is 5.95 Å². The van der Waals surface area contributed by atoms with Gasteiger partial charge >= 0.3 is 0 Å². The van der Waals surface area contributed by atoms with Gasteiger partial charge in [-0.15, -0.1) is 0 Å². The predicted molar refractivity (Wildman–Crippen MR) is 109 cm³/mol. The van der Waals surface area contributed by atoms with Crippen LogP contribution in [0.4, 0.5) is 17.6 Å². The van der Waals surface area contributed by atoms with Crippen LogP contribution in [0.25, 0.3) is 0 Å². The normalized spacial score (nSPS) is 14.3. The van der Waals surface area contributed by atoms with E-state index in [1.54, 1.807) is 0 Å². The Morgan fingerprint density at radius 2 is 1.56 bits per heavy atom. The minimum Gasteiger partial charge on any atom is -0.353 e. The van der Waals surface area contributed by atoms with Crippen molar-refractivity contribution in [1.29, 1.82) is 0 Å². The van der Waals surface area contributed by atoms with Crippen molar-refractivity contribution in [2.24, 2.45) is 0 Å². The minimum absolute atomic E-state index is 0.667. The van der Waals surface area contributed by atoms with Crippen LogP contribution >= 0.6 is 0 Å². The van der Waals surface area contributed by atoms with Crippen molar-refractivity contribution >= 4 is 17.6 Å². The van der Waals surface area contributed by atoms with E-state index in [2.05, 4.69) is 62.3 Å². The number of benzene rings is 1. The molecule has 0 aliphatic carbocycles. The molecule has 6 heteroatoms. The molecule has 1 aliphatic heterocycles.